The van der Waals surface area contributed by atoms with E-state index in [0.717, 1.165) is 37.5 Å². The third kappa shape index (κ3) is 3.92. The van der Waals surface area contributed by atoms with Crippen LogP contribution in [0.3, 0.4) is 0 Å². The highest BCUT2D eigenvalue weighted by molar-refractivity contribution is 5.51. The molecule has 1 N–H and O–H groups in total. The summed E-state index contributed by atoms with van der Waals surface area (Å²) in [6.07, 6.45) is 4.05. The molecule has 0 saturated heterocycles. The van der Waals surface area contributed by atoms with E-state index in [4.69, 9.17) is 4.74 Å². The van der Waals surface area contributed by atoms with Gasteiger partial charge in [-0.15, -0.1) is 0 Å². The Morgan fingerprint density at radius 3 is 2.95 bits per heavy atom. The Bertz CT molecular complexity index is 521. The molecular weight excluding hydrogens is 240 g/mol. The van der Waals surface area contributed by atoms with E-state index >= 15 is 0 Å². The summed E-state index contributed by atoms with van der Waals surface area (Å²) < 4.78 is 7.35. The number of nitrogens with zero attached hydrogens (tertiary/aromatic N) is 3. The normalized spacial score (nSPS) is 11.4. The second kappa shape index (κ2) is 6.52. The summed E-state index contributed by atoms with van der Waals surface area (Å²) in [6, 6.07) is 4.11. The van der Waals surface area contributed by atoms with Gasteiger partial charge in [0.2, 0.25) is 0 Å². The minimum absolute atomic E-state index is 0.319. The number of fused-ring (bicyclic) bond motifs is 1. The summed E-state index contributed by atoms with van der Waals surface area (Å²) >= 11 is 0. The fourth-order valence-corrected chi connectivity index (χ4v) is 1.95. The van der Waals surface area contributed by atoms with Crippen LogP contribution in [0, 0.1) is 6.92 Å². The number of aryl methyl sites for hydroxylation is 1. The van der Waals surface area contributed by atoms with Gasteiger partial charge in [-0.25, -0.2) is 4.98 Å². The molecule has 0 bridgehead atoms. The van der Waals surface area contributed by atoms with Gasteiger partial charge in [-0.2, -0.15) is 9.61 Å². The van der Waals surface area contributed by atoms with Crippen molar-refractivity contribution in [2.45, 2.75) is 39.7 Å². The number of hydrogen-bond acceptors (Lipinski definition) is 4. The van der Waals surface area contributed by atoms with Gasteiger partial charge >= 0.3 is 0 Å². The first-order valence-electron chi connectivity index (χ1n) is 6.82. The smallest absolute Gasteiger partial charge is 0.157 e. The fraction of sp³-hybridized carbons (Fsp3) is 0.571. The monoisotopic (exact) mass is 262 g/mol. The number of unbranched alkanes of at least 4 members (excludes halogenated alkanes) is 1. The molecule has 0 radical (unpaired) electrons. The molecule has 2 rings (SSSR count). The molecule has 19 heavy (non-hydrogen) atoms. The molecule has 0 spiro atoms. The van der Waals surface area contributed by atoms with Crippen LogP contribution >= 0.6 is 0 Å². The van der Waals surface area contributed by atoms with Gasteiger partial charge in [0.1, 0.15) is 12.1 Å². The van der Waals surface area contributed by atoms with Crippen molar-refractivity contribution < 1.29 is 4.74 Å². The van der Waals surface area contributed by atoms with Gasteiger partial charge in [-0.1, -0.05) is 0 Å². The number of anilines is 1. The summed E-state index contributed by atoms with van der Waals surface area (Å²) in [5.41, 5.74) is 2.07. The molecule has 0 unspecified atom stereocenters. The van der Waals surface area contributed by atoms with E-state index < -0.39 is 0 Å². The van der Waals surface area contributed by atoms with E-state index in [1.165, 1.54) is 5.56 Å². The third-order valence-corrected chi connectivity index (χ3v) is 2.85. The van der Waals surface area contributed by atoms with Crippen molar-refractivity contribution in [3.63, 3.8) is 0 Å². The van der Waals surface area contributed by atoms with Crippen LogP contribution in [0.1, 0.15) is 32.3 Å². The predicted molar refractivity (Wildman–Crippen MR) is 76.5 cm³/mol. The van der Waals surface area contributed by atoms with Crippen LogP contribution in [-0.4, -0.2) is 33.9 Å². The third-order valence-electron chi connectivity index (χ3n) is 2.85. The highest BCUT2D eigenvalue weighted by Gasteiger charge is 2.03. The Labute approximate surface area is 114 Å². The first kappa shape index (κ1) is 13.8. The van der Waals surface area contributed by atoms with Crippen molar-refractivity contribution in [1.82, 2.24) is 14.6 Å². The summed E-state index contributed by atoms with van der Waals surface area (Å²) in [4.78, 5) is 4.21. The molecule has 0 aliphatic carbocycles. The zero-order valence-corrected chi connectivity index (χ0v) is 11.9. The van der Waals surface area contributed by atoms with Gasteiger partial charge in [0, 0.05) is 13.2 Å². The van der Waals surface area contributed by atoms with E-state index in [9.17, 15) is 0 Å². The minimum atomic E-state index is 0.319. The van der Waals surface area contributed by atoms with Crippen molar-refractivity contribution in [3.8, 4) is 0 Å². The van der Waals surface area contributed by atoms with Gasteiger partial charge in [0.05, 0.1) is 6.10 Å². The van der Waals surface area contributed by atoms with Crippen LogP contribution in [0.4, 0.5) is 5.82 Å². The number of ether oxygens (including phenoxy) is 1. The first-order valence-corrected chi connectivity index (χ1v) is 6.82. The fourth-order valence-electron chi connectivity index (χ4n) is 1.95. The number of rotatable bonds is 7. The summed E-state index contributed by atoms with van der Waals surface area (Å²) in [7, 11) is 0. The molecular formula is C14H22N4O. The SMILES string of the molecule is Cc1cc(NCCCCOC(C)C)n2ncnc2c1. The summed E-state index contributed by atoms with van der Waals surface area (Å²) in [5.74, 6) is 0.997. The zero-order chi connectivity index (χ0) is 13.7. The van der Waals surface area contributed by atoms with E-state index in [1.807, 2.05) is 10.6 Å². The van der Waals surface area contributed by atoms with Crippen LogP contribution in [-0.2, 0) is 4.74 Å². The van der Waals surface area contributed by atoms with Gasteiger partial charge < -0.3 is 10.1 Å². The molecule has 0 aliphatic rings. The average Bonchev–Trinajstić information content (AvgIpc) is 2.80. The number of pyridine rings is 1. The van der Waals surface area contributed by atoms with E-state index in [2.05, 4.69) is 42.2 Å². The summed E-state index contributed by atoms with van der Waals surface area (Å²) in [6.45, 7) is 7.93. The molecule has 0 amide bonds. The molecule has 2 aromatic rings. The maximum absolute atomic E-state index is 5.52. The molecule has 0 aromatic carbocycles. The van der Waals surface area contributed by atoms with Crippen LogP contribution in [0.25, 0.3) is 5.65 Å². The lowest BCUT2D eigenvalue weighted by Crippen LogP contribution is -2.09. The molecule has 2 aromatic heterocycles. The van der Waals surface area contributed by atoms with Crippen molar-refractivity contribution in [1.29, 1.82) is 0 Å². The molecule has 2 heterocycles. The molecule has 0 aliphatic heterocycles. The standard InChI is InChI=1S/C14H22N4O/c1-11(2)19-7-5-4-6-15-13-8-12(3)9-14-16-10-17-18(13)14/h8-11,15H,4-7H2,1-3H3. The van der Waals surface area contributed by atoms with E-state index in [1.54, 1.807) is 6.33 Å². The lowest BCUT2D eigenvalue weighted by atomic mass is 10.3. The van der Waals surface area contributed by atoms with Gasteiger partial charge in [-0.05, 0) is 51.3 Å². The molecule has 0 fully saturated rings. The van der Waals surface area contributed by atoms with Crippen molar-refractivity contribution in [3.05, 3.63) is 24.0 Å². The highest BCUT2D eigenvalue weighted by Crippen LogP contribution is 2.13. The number of aromatic nitrogens is 3. The topological polar surface area (TPSA) is 51.5 Å². The Morgan fingerprint density at radius 2 is 2.16 bits per heavy atom. The van der Waals surface area contributed by atoms with Gasteiger partial charge in [0.25, 0.3) is 0 Å². The number of nitrogens with one attached hydrogen (secondary N) is 1. The van der Waals surface area contributed by atoms with Crippen molar-refractivity contribution >= 4 is 11.5 Å². The number of hydrogen-bond donors (Lipinski definition) is 1. The predicted octanol–water partition coefficient (Wildman–Crippen LogP) is 2.65. The average molecular weight is 262 g/mol. The van der Waals surface area contributed by atoms with Crippen LogP contribution in [0.15, 0.2) is 18.5 Å². The Hall–Kier alpha value is -1.62. The molecule has 0 atom stereocenters. The Kier molecular flexibility index (Phi) is 4.74. The van der Waals surface area contributed by atoms with Crippen molar-refractivity contribution in [2.24, 2.45) is 0 Å². The van der Waals surface area contributed by atoms with Crippen LogP contribution < -0.4 is 5.32 Å². The molecule has 0 saturated carbocycles. The molecule has 5 nitrogen and oxygen atoms in total. The molecule has 104 valence electrons. The quantitative estimate of drug-likeness (QED) is 0.779. The largest absolute Gasteiger partial charge is 0.379 e. The first-order chi connectivity index (χ1) is 9.16. The van der Waals surface area contributed by atoms with Crippen molar-refractivity contribution in [2.75, 3.05) is 18.5 Å². The van der Waals surface area contributed by atoms with Crippen LogP contribution in [0.5, 0.6) is 0 Å². The maximum atomic E-state index is 5.52. The zero-order valence-electron chi connectivity index (χ0n) is 11.9. The molecule has 5 heteroatoms. The van der Waals surface area contributed by atoms with Crippen LogP contribution in [0.2, 0.25) is 0 Å². The lowest BCUT2D eigenvalue weighted by molar-refractivity contribution is 0.0765. The Morgan fingerprint density at radius 1 is 1.32 bits per heavy atom. The van der Waals surface area contributed by atoms with Gasteiger partial charge in [0.15, 0.2) is 5.65 Å². The lowest BCUT2D eigenvalue weighted by Gasteiger charge is -2.10. The van der Waals surface area contributed by atoms with E-state index in [-0.39, 0.29) is 0 Å². The maximum Gasteiger partial charge on any atom is 0.157 e. The second-order valence-corrected chi connectivity index (χ2v) is 5.00. The highest BCUT2D eigenvalue weighted by atomic mass is 16.5. The van der Waals surface area contributed by atoms with E-state index in [0.29, 0.717) is 6.10 Å². The Balaban J connectivity index is 1.83. The van der Waals surface area contributed by atoms with Gasteiger partial charge in [-0.3, -0.25) is 0 Å². The second-order valence-electron chi connectivity index (χ2n) is 5.00. The minimum Gasteiger partial charge on any atom is -0.379 e. The summed E-state index contributed by atoms with van der Waals surface area (Å²) in [5, 5.41) is 7.62.